The molecule has 4 rings (SSSR count). The molecule has 29 heavy (non-hydrogen) atoms. The van der Waals surface area contributed by atoms with E-state index in [0.29, 0.717) is 24.4 Å². The molecule has 5 nitrogen and oxygen atoms in total. The number of halogens is 1. The zero-order chi connectivity index (χ0) is 20.5. The predicted octanol–water partition coefficient (Wildman–Crippen LogP) is 3.40. The van der Waals surface area contributed by atoms with Crippen molar-refractivity contribution in [1.82, 2.24) is 9.47 Å². The van der Waals surface area contributed by atoms with Gasteiger partial charge in [-0.15, -0.1) is 0 Å². The van der Waals surface area contributed by atoms with Gasteiger partial charge in [0.1, 0.15) is 17.7 Å². The van der Waals surface area contributed by atoms with E-state index in [2.05, 4.69) is 0 Å². The number of likely N-dealkylation sites (tertiary alicyclic amines) is 1. The first-order valence-electron chi connectivity index (χ1n) is 9.40. The highest BCUT2D eigenvalue weighted by atomic mass is 19.1. The molecular weight excluding hydrogens is 371 g/mol. The number of carbonyl (C=O) groups excluding carboxylic acids is 1. The van der Waals surface area contributed by atoms with Crippen molar-refractivity contribution in [3.63, 3.8) is 0 Å². The molecule has 0 spiro atoms. The number of aryl methyl sites for hydroxylation is 1. The second-order valence-corrected chi connectivity index (χ2v) is 7.26. The van der Waals surface area contributed by atoms with Gasteiger partial charge in [0.15, 0.2) is 0 Å². The maximum absolute atomic E-state index is 13.1. The van der Waals surface area contributed by atoms with Gasteiger partial charge in [0.25, 0.3) is 11.5 Å². The van der Waals surface area contributed by atoms with Crippen LogP contribution in [0.4, 0.5) is 4.39 Å². The molecule has 3 aromatic rings. The molecule has 0 aliphatic carbocycles. The van der Waals surface area contributed by atoms with Crippen molar-refractivity contribution in [2.75, 3.05) is 13.1 Å². The average Bonchev–Trinajstić information content (AvgIpc) is 2.69. The zero-order valence-electron chi connectivity index (χ0n) is 16.3. The minimum atomic E-state index is -0.277. The Balaban J connectivity index is 1.37. The van der Waals surface area contributed by atoms with Gasteiger partial charge in [-0.25, -0.2) is 4.39 Å². The number of amides is 1. The van der Waals surface area contributed by atoms with Crippen molar-refractivity contribution >= 4 is 5.91 Å². The monoisotopic (exact) mass is 392 g/mol. The Morgan fingerprint density at radius 1 is 1.00 bits per heavy atom. The van der Waals surface area contributed by atoms with E-state index in [4.69, 9.17) is 4.74 Å². The molecule has 0 saturated carbocycles. The first-order valence-corrected chi connectivity index (χ1v) is 9.40. The lowest BCUT2D eigenvalue weighted by molar-refractivity contribution is 0.0176. The molecule has 1 aliphatic heterocycles. The summed E-state index contributed by atoms with van der Waals surface area (Å²) < 4.78 is 20.4. The summed E-state index contributed by atoms with van der Waals surface area (Å²) in [4.78, 5) is 26.2. The van der Waals surface area contributed by atoms with E-state index in [9.17, 15) is 14.0 Å². The minimum absolute atomic E-state index is 0.0596. The molecule has 1 aliphatic rings. The molecule has 0 atom stereocenters. The number of hydrogen-bond acceptors (Lipinski definition) is 3. The standard InChI is InChI=1S/C23H21FN2O3/c1-15-11-20(12-22(27)25(15)2)29-21-13-26(14-21)23(28)18-5-3-16(4-6-18)17-7-9-19(24)10-8-17/h3-12,21H,13-14H2,1-2H3. The number of hydrogen-bond donors (Lipinski definition) is 0. The Morgan fingerprint density at radius 3 is 2.17 bits per heavy atom. The van der Waals surface area contributed by atoms with Crippen LogP contribution < -0.4 is 10.3 Å². The van der Waals surface area contributed by atoms with E-state index >= 15 is 0 Å². The molecule has 1 saturated heterocycles. The van der Waals surface area contributed by atoms with Gasteiger partial charge >= 0.3 is 0 Å². The number of carbonyl (C=O) groups is 1. The van der Waals surface area contributed by atoms with Crippen LogP contribution in [0.3, 0.4) is 0 Å². The quantitative estimate of drug-likeness (QED) is 0.684. The molecule has 2 heterocycles. The van der Waals surface area contributed by atoms with Crippen molar-refractivity contribution < 1.29 is 13.9 Å². The Morgan fingerprint density at radius 2 is 1.59 bits per heavy atom. The van der Waals surface area contributed by atoms with Crippen molar-refractivity contribution in [3.8, 4) is 16.9 Å². The van der Waals surface area contributed by atoms with Crippen LogP contribution in [0.15, 0.2) is 65.5 Å². The highest BCUT2D eigenvalue weighted by Gasteiger charge is 2.33. The minimum Gasteiger partial charge on any atom is -0.486 e. The summed E-state index contributed by atoms with van der Waals surface area (Å²) in [5.41, 5.74) is 3.12. The first-order chi connectivity index (χ1) is 13.9. The Bertz CT molecular complexity index is 1100. The van der Waals surface area contributed by atoms with E-state index in [1.165, 1.54) is 18.2 Å². The summed E-state index contributed by atoms with van der Waals surface area (Å²) in [6.45, 7) is 2.81. The van der Waals surface area contributed by atoms with E-state index in [1.54, 1.807) is 40.8 Å². The number of benzene rings is 2. The molecular formula is C23H21FN2O3. The number of pyridine rings is 1. The van der Waals surface area contributed by atoms with Crippen LogP contribution in [0.2, 0.25) is 0 Å². The van der Waals surface area contributed by atoms with E-state index in [0.717, 1.165) is 16.8 Å². The number of aromatic nitrogens is 1. The molecule has 1 amide bonds. The molecule has 6 heteroatoms. The zero-order valence-corrected chi connectivity index (χ0v) is 16.3. The van der Waals surface area contributed by atoms with Crippen LogP contribution in [0.1, 0.15) is 16.1 Å². The lowest BCUT2D eigenvalue weighted by Crippen LogP contribution is -2.56. The van der Waals surface area contributed by atoms with Gasteiger partial charge in [0.05, 0.1) is 13.1 Å². The molecule has 148 valence electrons. The largest absolute Gasteiger partial charge is 0.486 e. The highest BCUT2D eigenvalue weighted by molar-refractivity contribution is 5.95. The lowest BCUT2D eigenvalue weighted by atomic mass is 10.0. The number of nitrogens with zero attached hydrogens (tertiary/aromatic N) is 2. The van der Waals surface area contributed by atoms with Crippen LogP contribution >= 0.6 is 0 Å². The van der Waals surface area contributed by atoms with Crippen LogP contribution in [0.5, 0.6) is 5.75 Å². The van der Waals surface area contributed by atoms with E-state index in [-0.39, 0.29) is 23.4 Å². The summed E-state index contributed by atoms with van der Waals surface area (Å²) in [6, 6.07) is 16.8. The van der Waals surface area contributed by atoms with Crippen molar-refractivity contribution in [1.29, 1.82) is 0 Å². The fraction of sp³-hybridized carbons (Fsp3) is 0.217. The molecule has 1 aromatic heterocycles. The van der Waals surface area contributed by atoms with Crippen molar-refractivity contribution in [3.05, 3.63) is 88.1 Å². The SMILES string of the molecule is Cc1cc(OC2CN(C(=O)c3ccc(-c4ccc(F)cc4)cc3)C2)cc(=O)n1C. The van der Waals surface area contributed by atoms with E-state index < -0.39 is 0 Å². The molecule has 1 fully saturated rings. The first kappa shape index (κ1) is 18.9. The van der Waals surface area contributed by atoms with Crippen molar-refractivity contribution in [2.24, 2.45) is 7.05 Å². The van der Waals surface area contributed by atoms with Crippen LogP contribution in [0, 0.1) is 12.7 Å². The number of rotatable bonds is 4. The summed E-state index contributed by atoms with van der Waals surface area (Å²) in [5, 5.41) is 0. The average molecular weight is 392 g/mol. The third-order valence-electron chi connectivity index (χ3n) is 5.22. The molecule has 0 radical (unpaired) electrons. The summed E-state index contributed by atoms with van der Waals surface area (Å²) >= 11 is 0. The van der Waals surface area contributed by atoms with Gasteiger partial charge in [-0.2, -0.15) is 0 Å². The van der Waals surface area contributed by atoms with Crippen molar-refractivity contribution in [2.45, 2.75) is 13.0 Å². The normalized spacial score (nSPS) is 13.8. The third-order valence-corrected chi connectivity index (χ3v) is 5.22. The second kappa shape index (κ2) is 7.54. The Kier molecular flexibility index (Phi) is 4.92. The maximum Gasteiger partial charge on any atom is 0.254 e. The Hall–Kier alpha value is -3.41. The molecule has 0 N–H and O–H groups in total. The van der Waals surface area contributed by atoms with Gasteiger partial charge in [-0.3, -0.25) is 9.59 Å². The van der Waals surface area contributed by atoms with Crippen LogP contribution in [-0.4, -0.2) is 34.6 Å². The highest BCUT2D eigenvalue weighted by Crippen LogP contribution is 2.23. The topological polar surface area (TPSA) is 51.5 Å². The van der Waals surface area contributed by atoms with E-state index in [1.807, 2.05) is 25.1 Å². The fourth-order valence-corrected chi connectivity index (χ4v) is 3.31. The van der Waals surface area contributed by atoms with Gasteiger partial charge in [0, 0.05) is 24.4 Å². The molecule has 0 unspecified atom stereocenters. The summed E-state index contributed by atoms with van der Waals surface area (Å²) in [5.74, 6) is 0.197. The second-order valence-electron chi connectivity index (χ2n) is 7.26. The van der Waals surface area contributed by atoms with Gasteiger partial charge in [-0.1, -0.05) is 24.3 Å². The van der Waals surface area contributed by atoms with Crippen LogP contribution in [-0.2, 0) is 7.05 Å². The molecule has 0 bridgehead atoms. The summed E-state index contributed by atoms with van der Waals surface area (Å²) in [6.07, 6.45) is -0.121. The predicted molar refractivity (Wildman–Crippen MR) is 109 cm³/mol. The smallest absolute Gasteiger partial charge is 0.254 e. The summed E-state index contributed by atoms with van der Waals surface area (Å²) in [7, 11) is 1.71. The molecule has 2 aromatic carbocycles. The lowest BCUT2D eigenvalue weighted by Gasteiger charge is -2.39. The van der Waals surface area contributed by atoms with Gasteiger partial charge < -0.3 is 14.2 Å². The Labute approximate surface area is 168 Å². The fourth-order valence-electron chi connectivity index (χ4n) is 3.31. The van der Waals surface area contributed by atoms with Gasteiger partial charge in [-0.05, 0) is 48.4 Å². The maximum atomic E-state index is 13.1. The third kappa shape index (κ3) is 3.92. The van der Waals surface area contributed by atoms with Crippen LogP contribution in [0.25, 0.3) is 11.1 Å². The number of ether oxygens (including phenoxy) is 1. The van der Waals surface area contributed by atoms with Gasteiger partial charge in [0.2, 0.25) is 0 Å².